The maximum Gasteiger partial charge on any atom is 0.407 e. The number of alkyl carbamates (subject to hydrolysis) is 1. The van der Waals surface area contributed by atoms with Gasteiger partial charge in [-0.15, -0.1) is 11.3 Å². The fourth-order valence-corrected chi connectivity index (χ4v) is 3.58. The third kappa shape index (κ3) is 4.57. The third-order valence-corrected chi connectivity index (χ3v) is 5.05. The minimum absolute atomic E-state index is 0.0290. The number of rotatable bonds is 7. The van der Waals surface area contributed by atoms with Crippen molar-refractivity contribution in [2.45, 2.75) is 13.0 Å². The summed E-state index contributed by atoms with van der Waals surface area (Å²) in [7, 11) is 0. The van der Waals surface area contributed by atoms with Gasteiger partial charge in [0, 0.05) is 16.6 Å². The summed E-state index contributed by atoms with van der Waals surface area (Å²) in [5.41, 5.74) is 6.52. The lowest BCUT2D eigenvalue weighted by Gasteiger charge is -2.20. The average Bonchev–Trinajstić information content (AvgIpc) is 3.11. The van der Waals surface area contributed by atoms with Crippen molar-refractivity contribution in [3.05, 3.63) is 65.0 Å². The van der Waals surface area contributed by atoms with Gasteiger partial charge < -0.3 is 20.5 Å². The van der Waals surface area contributed by atoms with E-state index < -0.39 is 12.2 Å². The number of nitrogen functional groups attached to an aromatic ring is 1. The normalized spacial score (nSPS) is 11.7. The highest BCUT2D eigenvalue weighted by Gasteiger charge is 2.18. The first kappa shape index (κ1) is 18.7. The summed E-state index contributed by atoms with van der Waals surface area (Å²) in [6.45, 7) is 2.41. The van der Waals surface area contributed by atoms with Gasteiger partial charge in [0.25, 0.3) is 0 Å². The fraction of sp³-hybridized carbons (Fsp3) is 0.200. The van der Waals surface area contributed by atoms with Gasteiger partial charge in [0.1, 0.15) is 18.2 Å². The van der Waals surface area contributed by atoms with Crippen molar-refractivity contribution in [1.29, 1.82) is 5.41 Å². The summed E-state index contributed by atoms with van der Waals surface area (Å²) < 4.78 is 12.5. The third-order valence-electron chi connectivity index (χ3n) is 3.91. The first-order valence-corrected chi connectivity index (χ1v) is 9.39. The largest absolute Gasteiger partial charge is 0.481 e. The van der Waals surface area contributed by atoms with Gasteiger partial charge in [0.15, 0.2) is 6.10 Å². The monoisotopic (exact) mass is 383 g/mol. The molecule has 6 nitrogen and oxygen atoms in total. The minimum Gasteiger partial charge on any atom is -0.481 e. The highest BCUT2D eigenvalue weighted by molar-refractivity contribution is 7.20. The first-order valence-electron chi connectivity index (χ1n) is 8.57. The number of amidine groups is 1. The van der Waals surface area contributed by atoms with Crippen LogP contribution in [0.25, 0.3) is 10.1 Å². The molecule has 0 aliphatic carbocycles. The van der Waals surface area contributed by atoms with E-state index in [9.17, 15) is 4.79 Å². The zero-order valence-corrected chi connectivity index (χ0v) is 15.7. The zero-order chi connectivity index (χ0) is 19.2. The second kappa shape index (κ2) is 8.55. The molecular formula is C20H21N3O3S. The molecule has 3 rings (SSSR count). The van der Waals surface area contributed by atoms with E-state index in [1.165, 1.54) is 11.3 Å². The summed E-state index contributed by atoms with van der Waals surface area (Å²) in [6, 6.07) is 17.2. The molecule has 0 saturated heterocycles. The number of nitrogens with two attached hydrogens (primary N) is 1. The molecule has 0 aliphatic rings. The minimum atomic E-state index is -0.477. The molecule has 0 radical (unpaired) electrons. The second-order valence-corrected chi connectivity index (χ2v) is 6.92. The van der Waals surface area contributed by atoms with Gasteiger partial charge in [0.05, 0.1) is 4.88 Å². The van der Waals surface area contributed by atoms with Crippen molar-refractivity contribution in [3.63, 3.8) is 0 Å². The smallest absolute Gasteiger partial charge is 0.407 e. The lowest BCUT2D eigenvalue weighted by Crippen LogP contribution is -2.27. The van der Waals surface area contributed by atoms with Crippen LogP contribution < -0.4 is 15.8 Å². The Bertz CT molecular complexity index is 940. The van der Waals surface area contributed by atoms with E-state index in [1.54, 1.807) is 0 Å². The molecule has 0 bridgehead atoms. The Morgan fingerprint density at radius 1 is 1.22 bits per heavy atom. The van der Waals surface area contributed by atoms with Gasteiger partial charge in [-0.2, -0.15) is 0 Å². The summed E-state index contributed by atoms with van der Waals surface area (Å²) in [5.74, 6) is 0.686. The molecule has 1 aromatic heterocycles. The maximum absolute atomic E-state index is 11.7. The number of nitrogens with one attached hydrogen (secondary N) is 2. The van der Waals surface area contributed by atoms with Gasteiger partial charge in [0.2, 0.25) is 0 Å². The highest BCUT2D eigenvalue weighted by Crippen LogP contribution is 2.35. The van der Waals surface area contributed by atoms with Crippen LogP contribution in [0, 0.1) is 5.41 Å². The quantitative estimate of drug-likeness (QED) is 0.423. The van der Waals surface area contributed by atoms with Gasteiger partial charge >= 0.3 is 6.09 Å². The predicted molar refractivity (Wildman–Crippen MR) is 108 cm³/mol. The van der Waals surface area contributed by atoms with Crippen LogP contribution in [0.15, 0.2) is 54.6 Å². The van der Waals surface area contributed by atoms with Crippen LogP contribution >= 0.6 is 11.3 Å². The molecule has 1 heterocycles. The second-order valence-electron chi connectivity index (χ2n) is 5.84. The molecule has 7 heteroatoms. The standard InChI is InChI=1S/C20H21N3O3S/c1-2-23-20(24)25-12-16(13-7-4-3-5-8-13)26-15-9-6-10-17-14(15)11-18(27-17)19(21)22/h3-11,16H,2,12H2,1H3,(H3,21,22)(H,23,24)/t16-/m0/s1. The Labute approximate surface area is 161 Å². The molecule has 140 valence electrons. The lowest BCUT2D eigenvalue weighted by molar-refractivity contribution is 0.0830. The number of amides is 1. The molecule has 27 heavy (non-hydrogen) atoms. The van der Waals surface area contributed by atoms with Gasteiger partial charge in [-0.25, -0.2) is 4.79 Å². The molecule has 2 aromatic carbocycles. The number of thiophene rings is 1. The van der Waals surface area contributed by atoms with Crippen molar-refractivity contribution in [2.75, 3.05) is 13.2 Å². The number of fused-ring (bicyclic) bond motifs is 1. The molecule has 3 aromatic rings. The number of carbonyl (C=O) groups is 1. The van der Waals surface area contributed by atoms with Gasteiger partial charge in [-0.05, 0) is 30.7 Å². The summed E-state index contributed by atoms with van der Waals surface area (Å²) in [6.07, 6.45) is -0.935. The molecule has 0 fully saturated rings. The molecule has 1 amide bonds. The van der Waals surface area contributed by atoms with Gasteiger partial charge in [-0.1, -0.05) is 36.4 Å². The van der Waals surface area contributed by atoms with Crippen molar-refractivity contribution < 1.29 is 14.3 Å². The first-order chi connectivity index (χ1) is 13.1. The van der Waals surface area contributed by atoms with Crippen LogP contribution in [0.4, 0.5) is 4.79 Å². The SMILES string of the molecule is CCNC(=O)OC[C@H](Oc1cccc2sc(C(=N)N)cc12)c1ccccc1. The zero-order valence-electron chi connectivity index (χ0n) is 14.9. The summed E-state index contributed by atoms with van der Waals surface area (Å²) in [4.78, 5) is 12.4. The van der Waals surface area contributed by atoms with E-state index in [4.69, 9.17) is 20.6 Å². The molecule has 0 aliphatic heterocycles. The highest BCUT2D eigenvalue weighted by atomic mass is 32.1. The molecule has 4 N–H and O–H groups in total. The summed E-state index contributed by atoms with van der Waals surface area (Å²) >= 11 is 1.44. The van der Waals surface area contributed by atoms with Crippen LogP contribution in [0.2, 0.25) is 0 Å². The number of hydrogen-bond acceptors (Lipinski definition) is 5. The van der Waals surface area contributed by atoms with E-state index in [2.05, 4.69) is 5.32 Å². The Hall–Kier alpha value is -3.06. The van der Waals surface area contributed by atoms with Crippen LogP contribution in [-0.2, 0) is 4.74 Å². The lowest BCUT2D eigenvalue weighted by atomic mass is 10.1. The Balaban J connectivity index is 1.88. The summed E-state index contributed by atoms with van der Waals surface area (Å²) in [5, 5.41) is 11.1. The average molecular weight is 383 g/mol. The molecule has 0 spiro atoms. The van der Waals surface area contributed by atoms with E-state index in [0.717, 1.165) is 15.6 Å². The predicted octanol–water partition coefficient (Wildman–Crippen LogP) is 4.05. The van der Waals surface area contributed by atoms with Crippen molar-refractivity contribution >= 4 is 33.4 Å². The van der Waals surface area contributed by atoms with Crippen molar-refractivity contribution in [2.24, 2.45) is 5.73 Å². The number of carbonyl (C=O) groups excluding carboxylic acids is 1. The fourth-order valence-electron chi connectivity index (χ4n) is 2.64. The molecule has 0 saturated carbocycles. The Morgan fingerprint density at radius 2 is 2.00 bits per heavy atom. The van der Waals surface area contributed by atoms with Crippen LogP contribution in [0.3, 0.4) is 0 Å². The molecule has 0 unspecified atom stereocenters. The van der Waals surface area contributed by atoms with E-state index in [1.807, 2.05) is 61.5 Å². The molecular weight excluding hydrogens is 362 g/mol. The van der Waals surface area contributed by atoms with Crippen LogP contribution in [0.5, 0.6) is 5.75 Å². The Morgan fingerprint density at radius 3 is 2.70 bits per heavy atom. The van der Waals surface area contributed by atoms with E-state index in [0.29, 0.717) is 17.2 Å². The number of hydrogen-bond donors (Lipinski definition) is 3. The van der Waals surface area contributed by atoms with E-state index in [-0.39, 0.29) is 12.4 Å². The Kier molecular flexibility index (Phi) is 5.93. The van der Waals surface area contributed by atoms with Gasteiger partial charge in [-0.3, -0.25) is 5.41 Å². The molecule has 1 atom stereocenters. The van der Waals surface area contributed by atoms with E-state index >= 15 is 0 Å². The maximum atomic E-state index is 11.7. The topological polar surface area (TPSA) is 97.4 Å². The number of benzene rings is 2. The van der Waals surface area contributed by atoms with Crippen molar-refractivity contribution in [3.8, 4) is 5.75 Å². The van der Waals surface area contributed by atoms with Crippen LogP contribution in [0.1, 0.15) is 23.5 Å². The van der Waals surface area contributed by atoms with Crippen molar-refractivity contribution in [1.82, 2.24) is 5.32 Å². The van der Waals surface area contributed by atoms with Crippen LogP contribution in [-0.4, -0.2) is 25.1 Å². The number of ether oxygens (including phenoxy) is 2.